The predicted octanol–water partition coefficient (Wildman–Crippen LogP) is 2.91. The zero-order chi connectivity index (χ0) is 27.2. The molecule has 0 bridgehead atoms. The van der Waals surface area contributed by atoms with Crippen LogP contribution in [0.25, 0.3) is 0 Å². The minimum absolute atomic E-state index is 0.0121. The summed E-state index contributed by atoms with van der Waals surface area (Å²) >= 11 is 0. The molecule has 0 N–H and O–H groups in total. The molecule has 0 saturated carbocycles. The summed E-state index contributed by atoms with van der Waals surface area (Å²) in [4.78, 5) is 51.1. The summed E-state index contributed by atoms with van der Waals surface area (Å²) in [5.41, 5.74) is 1.37. The second kappa shape index (κ2) is 11.7. The molecule has 1 aromatic heterocycles. The molecule has 3 atom stereocenters. The zero-order valence-electron chi connectivity index (χ0n) is 21.0. The quantitative estimate of drug-likeness (QED) is 0.417. The van der Waals surface area contributed by atoms with Gasteiger partial charge in [0.15, 0.2) is 0 Å². The topological polar surface area (TPSA) is 130 Å². The lowest BCUT2D eigenvalue weighted by Crippen LogP contribution is -2.41. The van der Waals surface area contributed by atoms with Crippen molar-refractivity contribution < 1.29 is 23.8 Å². The average Bonchev–Trinajstić information content (AvgIpc) is 3.29. The molecule has 2 heterocycles. The molecular formula is C28H27N3O7. The molecule has 1 saturated heterocycles. The Morgan fingerprint density at radius 1 is 0.974 bits per heavy atom. The molecule has 1 aliphatic rings. The smallest absolute Gasteiger partial charge is 0.338 e. The van der Waals surface area contributed by atoms with Gasteiger partial charge in [0, 0.05) is 25.2 Å². The Labute approximate surface area is 218 Å². The van der Waals surface area contributed by atoms with Crippen LogP contribution in [0.4, 0.5) is 0 Å². The number of ether oxygens (including phenoxy) is 3. The number of aromatic nitrogens is 2. The fraction of sp³-hybridized carbons (Fsp3) is 0.321. The van der Waals surface area contributed by atoms with Crippen LogP contribution in [0.15, 0.2) is 70.4 Å². The van der Waals surface area contributed by atoms with E-state index < -0.39 is 41.6 Å². The van der Waals surface area contributed by atoms with Crippen molar-refractivity contribution >= 4 is 11.9 Å². The molecule has 10 heteroatoms. The number of carbonyl (C=O) groups excluding carboxylic acids is 2. The van der Waals surface area contributed by atoms with E-state index in [2.05, 4.69) is 0 Å². The van der Waals surface area contributed by atoms with Gasteiger partial charge in [-0.15, -0.1) is 0 Å². The van der Waals surface area contributed by atoms with E-state index in [1.807, 2.05) is 19.9 Å². The van der Waals surface area contributed by atoms with Crippen molar-refractivity contribution in [3.8, 4) is 6.07 Å². The normalized spacial score (nSPS) is 18.5. The summed E-state index contributed by atoms with van der Waals surface area (Å²) in [7, 11) is 0. The first-order valence-electron chi connectivity index (χ1n) is 12.1. The highest BCUT2D eigenvalue weighted by Gasteiger charge is 2.41. The fourth-order valence-electron chi connectivity index (χ4n) is 4.09. The molecule has 2 aromatic carbocycles. The van der Waals surface area contributed by atoms with Gasteiger partial charge in [-0.3, -0.25) is 9.36 Å². The Hall–Kier alpha value is -4.49. The van der Waals surface area contributed by atoms with Crippen molar-refractivity contribution in [1.82, 2.24) is 9.13 Å². The molecule has 0 aliphatic carbocycles. The van der Waals surface area contributed by atoms with E-state index in [0.29, 0.717) is 11.1 Å². The lowest BCUT2D eigenvalue weighted by molar-refractivity contribution is -0.0592. The molecule has 0 radical (unpaired) electrons. The van der Waals surface area contributed by atoms with E-state index in [-0.39, 0.29) is 26.0 Å². The summed E-state index contributed by atoms with van der Waals surface area (Å²) in [5.74, 6) is -1.20. The van der Waals surface area contributed by atoms with Crippen molar-refractivity contribution in [2.75, 3.05) is 6.61 Å². The van der Waals surface area contributed by atoms with E-state index in [1.54, 1.807) is 48.5 Å². The van der Waals surface area contributed by atoms with Gasteiger partial charge in [-0.2, -0.15) is 5.26 Å². The molecule has 1 fully saturated rings. The Morgan fingerprint density at radius 3 is 2.18 bits per heavy atom. The molecule has 1 aliphatic heterocycles. The number of esters is 2. The van der Waals surface area contributed by atoms with E-state index in [1.165, 1.54) is 16.8 Å². The lowest BCUT2D eigenvalue weighted by Gasteiger charge is -2.19. The summed E-state index contributed by atoms with van der Waals surface area (Å²) in [6, 6.07) is 16.8. The minimum Gasteiger partial charge on any atom is -0.459 e. The third-order valence-electron chi connectivity index (χ3n) is 6.23. The summed E-state index contributed by atoms with van der Waals surface area (Å²) < 4.78 is 19.3. The lowest BCUT2D eigenvalue weighted by atomic mass is 10.1. The number of nitriles is 1. The Morgan fingerprint density at radius 2 is 1.58 bits per heavy atom. The second-order valence-electron chi connectivity index (χ2n) is 9.05. The van der Waals surface area contributed by atoms with Crippen molar-refractivity contribution in [1.29, 1.82) is 5.26 Å². The largest absolute Gasteiger partial charge is 0.459 e. The summed E-state index contributed by atoms with van der Waals surface area (Å²) in [6.45, 7) is 3.63. The number of benzene rings is 2. The third kappa shape index (κ3) is 6.07. The first-order valence-corrected chi connectivity index (χ1v) is 12.1. The van der Waals surface area contributed by atoms with E-state index in [4.69, 9.17) is 19.5 Å². The molecule has 196 valence electrons. The highest BCUT2D eigenvalue weighted by Crippen LogP contribution is 2.30. The number of aryl methyl sites for hydroxylation is 3. The number of carbonyl (C=O) groups is 2. The molecule has 4 rings (SSSR count). The van der Waals surface area contributed by atoms with Crippen LogP contribution in [0, 0.1) is 25.2 Å². The van der Waals surface area contributed by atoms with Gasteiger partial charge in [0.1, 0.15) is 25.0 Å². The van der Waals surface area contributed by atoms with Crippen LogP contribution < -0.4 is 11.2 Å². The van der Waals surface area contributed by atoms with Gasteiger partial charge in [-0.25, -0.2) is 19.0 Å². The maximum atomic E-state index is 13.0. The van der Waals surface area contributed by atoms with Crippen LogP contribution in [0.3, 0.4) is 0 Å². The van der Waals surface area contributed by atoms with Crippen LogP contribution in [-0.2, 0) is 20.8 Å². The molecule has 10 nitrogen and oxygen atoms in total. The van der Waals surface area contributed by atoms with Gasteiger partial charge in [0.25, 0.3) is 5.56 Å². The minimum atomic E-state index is -1.07. The van der Waals surface area contributed by atoms with Gasteiger partial charge in [0.2, 0.25) is 0 Å². The molecular weight excluding hydrogens is 490 g/mol. The van der Waals surface area contributed by atoms with Crippen LogP contribution in [0.5, 0.6) is 0 Å². The highest BCUT2D eigenvalue weighted by atomic mass is 16.6. The zero-order valence-corrected chi connectivity index (χ0v) is 21.0. The SMILES string of the molecule is Cc1ccc(C(=O)OCC2OC(n3c(=O)ccn(CCC#N)c3=O)C[C@H]2OC(=O)c2ccc(C)cc2)cc1. The maximum absolute atomic E-state index is 13.0. The number of hydrogen-bond acceptors (Lipinski definition) is 8. The van der Waals surface area contributed by atoms with Crippen LogP contribution >= 0.6 is 0 Å². The number of hydrogen-bond donors (Lipinski definition) is 0. The standard InChI is InChI=1S/C28H27N3O7/c1-18-4-8-20(9-5-18)26(33)36-17-23-22(38-27(34)21-10-6-19(2)7-11-21)16-25(37-23)31-24(32)12-15-30(28(31)35)14-3-13-29/h4-12,15,22-23,25H,3,14,16-17H2,1-2H3/t22-,23?,25?/m1/s1. The average molecular weight is 518 g/mol. The van der Waals surface area contributed by atoms with E-state index >= 15 is 0 Å². The maximum Gasteiger partial charge on any atom is 0.338 e. The van der Waals surface area contributed by atoms with Gasteiger partial charge < -0.3 is 14.2 Å². The summed E-state index contributed by atoms with van der Waals surface area (Å²) in [5, 5.41) is 8.87. The van der Waals surface area contributed by atoms with Gasteiger partial charge in [-0.05, 0) is 38.1 Å². The molecule has 0 amide bonds. The molecule has 3 aromatic rings. The van der Waals surface area contributed by atoms with Crippen molar-refractivity contribution in [3.05, 3.63) is 104 Å². The number of rotatable bonds is 8. The van der Waals surface area contributed by atoms with Gasteiger partial charge in [-0.1, -0.05) is 35.4 Å². The molecule has 2 unspecified atom stereocenters. The Kier molecular flexibility index (Phi) is 8.19. The Bertz CT molecular complexity index is 1470. The van der Waals surface area contributed by atoms with Crippen LogP contribution in [0.1, 0.15) is 50.9 Å². The van der Waals surface area contributed by atoms with Crippen molar-refractivity contribution in [2.45, 2.75) is 51.7 Å². The van der Waals surface area contributed by atoms with Gasteiger partial charge in [0.05, 0.1) is 23.6 Å². The molecule has 38 heavy (non-hydrogen) atoms. The van der Waals surface area contributed by atoms with Crippen LogP contribution in [0.2, 0.25) is 0 Å². The Balaban J connectivity index is 1.57. The van der Waals surface area contributed by atoms with Gasteiger partial charge >= 0.3 is 17.6 Å². The number of nitrogens with zero attached hydrogens (tertiary/aromatic N) is 3. The first-order chi connectivity index (χ1) is 18.3. The van der Waals surface area contributed by atoms with Crippen molar-refractivity contribution in [3.63, 3.8) is 0 Å². The molecule has 0 spiro atoms. The monoisotopic (exact) mass is 517 g/mol. The second-order valence-corrected chi connectivity index (χ2v) is 9.05. The van der Waals surface area contributed by atoms with Crippen LogP contribution in [-0.4, -0.2) is 39.9 Å². The predicted molar refractivity (Wildman–Crippen MR) is 136 cm³/mol. The van der Waals surface area contributed by atoms with E-state index in [0.717, 1.165) is 15.7 Å². The van der Waals surface area contributed by atoms with E-state index in [9.17, 15) is 19.2 Å². The summed E-state index contributed by atoms with van der Waals surface area (Å²) in [6.07, 6.45) is -1.51. The first kappa shape index (κ1) is 26.6. The third-order valence-corrected chi connectivity index (χ3v) is 6.23. The fourth-order valence-corrected chi connectivity index (χ4v) is 4.09. The van der Waals surface area contributed by atoms with Crippen molar-refractivity contribution in [2.24, 2.45) is 0 Å². The highest BCUT2D eigenvalue weighted by molar-refractivity contribution is 5.90.